The number of hydrogen-bond donors (Lipinski definition) is 0. The molecule has 148 valence electrons. The minimum Gasteiger partial charge on any atom is -0.437 e. The number of rotatable bonds is 4. The summed E-state index contributed by atoms with van der Waals surface area (Å²) < 4.78 is 13.9. The number of fused-ring (bicyclic) bond motifs is 1. The minimum absolute atomic E-state index is 0.214. The number of benzene rings is 1. The normalized spacial score (nSPS) is 26.3. The van der Waals surface area contributed by atoms with Crippen molar-refractivity contribution in [2.45, 2.75) is 38.2 Å². The van der Waals surface area contributed by atoms with E-state index < -0.39 is 17.8 Å². The highest BCUT2D eigenvalue weighted by Crippen LogP contribution is 2.47. The zero-order valence-corrected chi connectivity index (χ0v) is 16.7. The third kappa shape index (κ3) is 3.05. The van der Waals surface area contributed by atoms with Crippen LogP contribution in [0.3, 0.4) is 0 Å². The molecule has 0 saturated carbocycles. The second-order valence-electron chi connectivity index (χ2n) is 6.91. The molecule has 0 aliphatic carbocycles. The molecule has 8 heteroatoms. The van der Waals surface area contributed by atoms with Gasteiger partial charge in [0.15, 0.2) is 17.0 Å². The molecule has 1 aromatic carbocycles. The van der Waals surface area contributed by atoms with Gasteiger partial charge in [0.05, 0.1) is 18.0 Å². The van der Waals surface area contributed by atoms with E-state index in [4.69, 9.17) is 27.5 Å². The van der Waals surface area contributed by atoms with Crippen LogP contribution in [0.25, 0.3) is 11.2 Å². The first-order chi connectivity index (χ1) is 14.0. The highest BCUT2D eigenvalue weighted by Gasteiger charge is 2.57. The first-order valence-corrected chi connectivity index (χ1v) is 9.64. The van der Waals surface area contributed by atoms with Crippen molar-refractivity contribution in [3.05, 3.63) is 53.7 Å². The molecule has 0 spiro atoms. The lowest BCUT2D eigenvalue weighted by atomic mass is 9.85. The number of ether oxygens (including phenoxy) is 2. The topological polar surface area (TPSA) is 79.1 Å². The van der Waals surface area contributed by atoms with Crippen molar-refractivity contribution in [3.63, 3.8) is 0 Å². The predicted octanol–water partition coefficient (Wildman–Crippen LogP) is 3.65. The molecule has 4 atom stereocenters. The van der Waals surface area contributed by atoms with Crippen molar-refractivity contribution in [1.82, 2.24) is 19.5 Å². The molecule has 2 aromatic heterocycles. The first-order valence-electron chi connectivity index (χ1n) is 9.26. The van der Waals surface area contributed by atoms with Gasteiger partial charge < -0.3 is 9.47 Å². The summed E-state index contributed by atoms with van der Waals surface area (Å²) in [5, 5.41) is 0.222. The Bertz CT molecular complexity index is 1090. The lowest BCUT2D eigenvalue weighted by molar-refractivity contribution is -0.0754. The summed E-state index contributed by atoms with van der Waals surface area (Å²) in [6.07, 6.45) is 8.52. The highest BCUT2D eigenvalue weighted by molar-refractivity contribution is 6.33. The molecule has 0 bridgehead atoms. The van der Waals surface area contributed by atoms with Gasteiger partial charge in [0, 0.05) is 5.92 Å². The average molecular weight is 411 g/mol. The number of terminal acetylenes is 1. The molecule has 29 heavy (non-hydrogen) atoms. The highest BCUT2D eigenvalue weighted by atomic mass is 35.5. The Balaban J connectivity index is 1.81. The maximum atomic E-state index is 12.9. The summed E-state index contributed by atoms with van der Waals surface area (Å²) in [4.78, 5) is 25.4. The van der Waals surface area contributed by atoms with Gasteiger partial charge in [0.2, 0.25) is 5.60 Å². The third-order valence-electron chi connectivity index (χ3n) is 5.37. The second-order valence-corrected chi connectivity index (χ2v) is 7.26. The Morgan fingerprint density at radius 2 is 2.10 bits per heavy atom. The standard InChI is InChI=1S/C21H19ClN4O3/c1-4-15-13(3)21(5-2,29-19(27)14-9-7-6-8-10-14)20(28-15)26-12-25-16-17(22)23-11-24-18(16)26/h2,6-13,15,20H,4H2,1,3H3/t13-,15-,20?,21-/m1/s1. The van der Waals surface area contributed by atoms with Crippen LogP contribution in [0.1, 0.15) is 36.9 Å². The third-order valence-corrected chi connectivity index (χ3v) is 5.65. The van der Waals surface area contributed by atoms with Crippen molar-refractivity contribution in [2.24, 2.45) is 5.92 Å². The Labute approximate surface area is 173 Å². The van der Waals surface area contributed by atoms with E-state index in [2.05, 4.69) is 20.9 Å². The molecule has 0 amide bonds. The first kappa shape index (κ1) is 19.4. The number of halogens is 1. The van der Waals surface area contributed by atoms with Gasteiger partial charge in [-0.2, -0.15) is 0 Å². The quantitative estimate of drug-likeness (QED) is 0.371. The molecular weight excluding hydrogens is 392 g/mol. The summed E-state index contributed by atoms with van der Waals surface area (Å²) in [7, 11) is 0. The molecule has 7 nitrogen and oxygen atoms in total. The van der Waals surface area contributed by atoms with Crippen molar-refractivity contribution >= 4 is 28.7 Å². The van der Waals surface area contributed by atoms with Crippen LogP contribution >= 0.6 is 11.6 Å². The van der Waals surface area contributed by atoms with Crippen molar-refractivity contribution in [2.75, 3.05) is 0 Å². The average Bonchev–Trinajstić information content (AvgIpc) is 3.29. The lowest BCUT2D eigenvalue weighted by Gasteiger charge is -2.32. The lowest BCUT2D eigenvalue weighted by Crippen LogP contribution is -2.44. The largest absolute Gasteiger partial charge is 0.437 e. The van der Waals surface area contributed by atoms with Crippen molar-refractivity contribution < 1.29 is 14.3 Å². The Morgan fingerprint density at radius 1 is 1.34 bits per heavy atom. The van der Waals surface area contributed by atoms with E-state index in [-0.39, 0.29) is 17.2 Å². The molecule has 1 saturated heterocycles. The van der Waals surface area contributed by atoms with E-state index >= 15 is 0 Å². The number of carbonyl (C=O) groups is 1. The fourth-order valence-electron chi connectivity index (χ4n) is 3.76. The molecular formula is C21H19ClN4O3. The van der Waals surface area contributed by atoms with Gasteiger partial charge in [0.1, 0.15) is 11.8 Å². The molecule has 0 N–H and O–H groups in total. The zero-order valence-electron chi connectivity index (χ0n) is 15.9. The Morgan fingerprint density at radius 3 is 2.79 bits per heavy atom. The Kier molecular flexibility index (Phi) is 4.99. The maximum absolute atomic E-state index is 12.9. The second kappa shape index (κ2) is 7.47. The maximum Gasteiger partial charge on any atom is 0.339 e. The predicted molar refractivity (Wildman–Crippen MR) is 107 cm³/mol. The van der Waals surface area contributed by atoms with Crippen LogP contribution in [0.2, 0.25) is 5.15 Å². The number of imidazole rings is 1. The number of carbonyl (C=O) groups excluding carboxylic acids is 1. The number of esters is 1. The van der Waals surface area contributed by atoms with Crippen LogP contribution in [0, 0.1) is 18.3 Å². The molecule has 1 aliphatic rings. The molecule has 1 aliphatic heterocycles. The van der Waals surface area contributed by atoms with Crippen molar-refractivity contribution in [1.29, 1.82) is 0 Å². The van der Waals surface area contributed by atoms with Crippen LogP contribution in [0.5, 0.6) is 0 Å². The van der Waals surface area contributed by atoms with Gasteiger partial charge in [-0.3, -0.25) is 4.57 Å². The van der Waals surface area contributed by atoms with Crippen LogP contribution in [0.15, 0.2) is 43.0 Å². The van der Waals surface area contributed by atoms with E-state index in [9.17, 15) is 4.79 Å². The van der Waals surface area contributed by atoms with E-state index in [0.717, 1.165) is 0 Å². The van der Waals surface area contributed by atoms with Gasteiger partial charge in [0.25, 0.3) is 0 Å². The van der Waals surface area contributed by atoms with Gasteiger partial charge >= 0.3 is 5.97 Å². The van der Waals surface area contributed by atoms with Gasteiger partial charge in [-0.25, -0.2) is 19.7 Å². The van der Waals surface area contributed by atoms with E-state index in [1.54, 1.807) is 28.8 Å². The van der Waals surface area contributed by atoms with Crippen LogP contribution in [0.4, 0.5) is 0 Å². The smallest absolute Gasteiger partial charge is 0.339 e. The molecule has 1 unspecified atom stereocenters. The number of nitrogens with zero attached hydrogens (tertiary/aromatic N) is 4. The SMILES string of the molecule is C#C[C@]1(OC(=O)c2ccccc2)C(n2cnc3c(Cl)ncnc32)O[C@H](CC)[C@H]1C. The summed E-state index contributed by atoms with van der Waals surface area (Å²) in [5.74, 6) is 1.94. The fourth-order valence-corrected chi connectivity index (χ4v) is 3.94. The van der Waals surface area contributed by atoms with Gasteiger partial charge in [-0.1, -0.05) is 49.6 Å². The zero-order chi connectivity index (χ0) is 20.6. The van der Waals surface area contributed by atoms with Crippen LogP contribution in [-0.2, 0) is 9.47 Å². The van der Waals surface area contributed by atoms with E-state index in [1.807, 2.05) is 19.9 Å². The molecule has 4 rings (SSSR count). The monoisotopic (exact) mass is 410 g/mol. The van der Waals surface area contributed by atoms with Gasteiger partial charge in [-0.05, 0) is 18.6 Å². The van der Waals surface area contributed by atoms with Crippen molar-refractivity contribution in [3.8, 4) is 12.3 Å². The fraction of sp³-hybridized carbons (Fsp3) is 0.333. The van der Waals surface area contributed by atoms with Gasteiger partial charge in [-0.15, -0.1) is 6.42 Å². The summed E-state index contributed by atoms with van der Waals surface area (Å²) in [6.45, 7) is 3.92. The molecule has 3 heterocycles. The van der Waals surface area contributed by atoms with Crippen LogP contribution in [-0.4, -0.2) is 37.2 Å². The Hall–Kier alpha value is -2.95. The molecule has 3 aromatic rings. The van der Waals surface area contributed by atoms with E-state index in [1.165, 1.54) is 12.7 Å². The summed E-state index contributed by atoms with van der Waals surface area (Å²) >= 11 is 6.14. The van der Waals surface area contributed by atoms with Crippen LogP contribution < -0.4 is 0 Å². The summed E-state index contributed by atoms with van der Waals surface area (Å²) in [5.41, 5.74) is -0.0625. The minimum atomic E-state index is -1.35. The molecule has 0 radical (unpaired) electrons. The number of hydrogen-bond acceptors (Lipinski definition) is 6. The summed E-state index contributed by atoms with van der Waals surface area (Å²) in [6, 6.07) is 8.72. The van der Waals surface area contributed by atoms with E-state index in [0.29, 0.717) is 23.1 Å². The molecule has 1 fully saturated rings. The number of aromatic nitrogens is 4.